The van der Waals surface area contributed by atoms with E-state index in [4.69, 9.17) is 14.6 Å². The highest BCUT2D eigenvalue weighted by molar-refractivity contribution is 5.10. The summed E-state index contributed by atoms with van der Waals surface area (Å²) < 4.78 is 12.3. The highest BCUT2D eigenvalue weighted by Gasteiger charge is 2.50. The molecule has 0 aliphatic carbocycles. The van der Waals surface area contributed by atoms with E-state index in [2.05, 4.69) is 4.98 Å². The molecule has 4 atom stereocenters. The Kier molecular flexibility index (Phi) is 2.00. The molecule has 16 heavy (non-hydrogen) atoms. The summed E-state index contributed by atoms with van der Waals surface area (Å²) in [5.41, 5.74) is -0.403. The van der Waals surface area contributed by atoms with Crippen molar-refractivity contribution in [2.24, 2.45) is 0 Å². The number of aliphatic hydroxyl groups is 2. The van der Waals surface area contributed by atoms with Gasteiger partial charge in [0.05, 0.1) is 6.61 Å². The lowest BCUT2D eigenvalue weighted by atomic mass is 10.1. The second kappa shape index (κ2) is 3.27. The number of nitrogens with zero attached hydrogens (tertiary/aromatic N) is 2. The summed E-state index contributed by atoms with van der Waals surface area (Å²) in [4.78, 5) is 14.7. The van der Waals surface area contributed by atoms with E-state index in [1.54, 1.807) is 0 Å². The van der Waals surface area contributed by atoms with Gasteiger partial charge in [-0.1, -0.05) is 0 Å². The van der Waals surface area contributed by atoms with Gasteiger partial charge in [0, 0.05) is 12.3 Å². The van der Waals surface area contributed by atoms with Gasteiger partial charge in [-0.25, -0.2) is 0 Å². The third-order valence-corrected chi connectivity index (χ3v) is 2.81. The third kappa shape index (κ3) is 1.19. The van der Waals surface area contributed by atoms with Crippen LogP contribution in [0.3, 0.4) is 0 Å². The molecule has 3 rings (SSSR count). The first-order valence-electron chi connectivity index (χ1n) is 4.91. The Hall–Kier alpha value is -1.44. The van der Waals surface area contributed by atoms with Crippen LogP contribution in [0, 0.1) is 0 Å². The SMILES string of the molecule is O=c1ccn2c(n1)OC1[C@H]2O[C@H](CO)[C@H]1O. The molecule has 2 N–H and O–H groups in total. The monoisotopic (exact) mass is 226 g/mol. The van der Waals surface area contributed by atoms with Crippen molar-refractivity contribution in [1.82, 2.24) is 9.55 Å². The molecular weight excluding hydrogens is 216 g/mol. The standard InChI is InChI=1S/C9H10N2O5/c12-3-4-6(14)7-8(15-4)11-2-1-5(13)10-9(11)16-7/h1-2,4,6-8,12,14H,3H2/t4-,6-,7?,8-/m1/s1. The summed E-state index contributed by atoms with van der Waals surface area (Å²) >= 11 is 0. The van der Waals surface area contributed by atoms with Crippen LogP contribution < -0.4 is 10.3 Å². The highest BCUT2D eigenvalue weighted by atomic mass is 16.6. The second-order valence-electron chi connectivity index (χ2n) is 3.78. The van der Waals surface area contributed by atoms with Crippen LogP contribution >= 0.6 is 0 Å². The van der Waals surface area contributed by atoms with Gasteiger partial charge in [0.15, 0.2) is 12.3 Å². The minimum absolute atomic E-state index is 0.137. The van der Waals surface area contributed by atoms with Gasteiger partial charge < -0.3 is 19.7 Å². The maximum Gasteiger partial charge on any atom is 0.302 e. The van der Waals surface area contributed by atoms with E-state index < -0.39 is 30.1 Å². The summed E-state index contributed by atoms with van der Waals surface area (Å²) in [6.45, 7) is -0.277. The van der Waals surface area contributed by atoms with Gasteiger partial charge in [-0.3, -0.25) is 9.36 Å². The summed E-state index contributed by atoms with van der Waals surface area (Å²) in [6, 6.07) is 1.43. The van der Waals surface area contributed by atoms with Crippen LogP contribution in [0.4, 0.5) is 0 Å². The largest absolute Gasteiger partial charge is 0.453 e. The molecule has 1 fully saturated rings. The molecule has 2 aliphatic rings. The van der Waals surface area contributed by atoms with E-state index in [0.717, 1.165) is 0 Å². The van der Waals surface area contributed by atoms with Crippen LogP contribution in [0.2, 0.25) is 0 Å². The quantitative estimate of drug-likeness (QED) is 0.590. The molecule has 0 radical (unpaired) electrons. The Morgan fingerprint density at radius 3 is 3.12 bits per heavy atom. The predicted molar refractivity (Wildman–Crippen MR) is 49.9 cm³/mol. The van der Waals surface area contributed by atoms with Crippen molar-refractivity contribution in [2.75, 3.05) is 6.61 Å². The number of aliphatic hydroxyl groups excluding tert-OH is 2. The van der Waals surface area contributed by atoms with E-state index >= 15 is 0 Å². The average Bonchev–Trinajstić information content (AvgIpc) is 2.75. The number of ether oxygens (including phenoxy) is 2. The Morgan fingerprint density at radius 1 is 1.56 bits per heavy atom. The van der Waals surface area contributed by atoms with Crippen molar-refractivity contribution in [1.29, 1.82) is 0 Å². The van der Waals surface area contributed by atoms with E-state index in [0.29, 0.717) is 0 Å². The van der Waals surface area contributed by atoms with Gasteiger partial charge in [0.1, 0.15) is 12.2 Å². The maximum atomic E-state index is 11.0. The average molecular weight is 226 g/mol. The molecule has 0 aromatic carbocycles. The summed E-state index contributed by atoms with van der Waals surface area (Å²) in [5, 5.41) is 18.7. The predicted octanol–water partition coefficient (Wildman–Crippen LogP) is -1.75. The molecule has 0 saturated carbocycles. The van der Waals surface area contributed by atoms with Crippen LogP contribution in [0.1, 0.15) is 6.23 Å². The van der Waals surface area contributed by atoms with Crippen molar-refractivity contribution < 1.29 is 19.7 Å². The van der Waals surface area contributed by atoms with Gasteiger partial charge >= 0.3 is 6.01 Å². The van der Waals surface area contributed by atoms with Crippen molar-refractivity contribution in [3.63, 3.8) is 0 Å². The van der Waals surface area contributed by atoms with Crippen LogP contribution in [0.15, 0.2) is 17.1 Å². The number of fused-ring (bicyclic) bond motifs is 3. The normalized spacial score (nSPS) is 35.6. The highest BCUT2D eigenvalue weighted by Crippen LogP contribution is 2.38. The van der Waals surface area contributed by atoms with Crippen LogP contribution in [-0.2, 0) is 4.74 Å². The molecule has 0 spiro atoms. The Morgan fingerprint density at radius 2 is 2.38 bits per heavy atom. The minimum Gasteiger partial charge on any atom is -0.453 e. The van der Waals surface area contributed by atoms with E-state index in [1.165, 1.54) is 16.8 Å². The van der Waals surface area contributed by atoms with Gasteiger partial charge in [-0.15, -0.1) is 0 Å². The fraction of sp³-hybridized carbons (Fsp3) is 0.556. The van der Waals surface area contributed by atoms with Crippen molar-refractivity contribution in [3.8, 4) is 6.01 Å². The first-order valence-corrected chi connectivity index (χ1v) is 4.91. The zero-order valence-corrected chi connectivity index (χ0v) is 8.18. The fourth-order valence-electron chi connectivity index (χ4n) is 2.02. The van der Waals surface area contributed by atoms with E-state index in [1.807, 2.05) is 0 Å². The molecule has 1 saturated heterocycles. The third-order valence-electron chi connectivity index (χ3n) is 2.81. The lowest BCUT2D eigenvalue weighted by Gasteiger charge is -2.13. The Balaban J connectivity index is 1.99. The van der Waals surface area contributed by atoms with Gasteiger partial charge in [0.2, 0.25) is 0 Å². The number of aromatic nitrogens is 2. The second-order valence-corrected chi connectivity index (χ2v) is 3.78. The van der Waals surface area contributed by atoms with Crippen LogP contribution in [-0.4, -0.2) is 44.7 Å². The molecule has 7 nitrogen and oxygen atoms in total. The molecule has 1 aromatic rings. The zero-order valence-electron chi connectivity index (χ0n) is 8.18. The van der Waals surface area contributed by atoms with Crippen LogP contribution in [0.5, 0.6) is 6.01 Å². The molecule has 0 amide bonds. The lowest BCUT2D eigenvalue weighted by Crippen LogP contribution is -2.34. The van der Waals surface area contributed by atoms with E-state index in [-0.39, 0.29) is 12.6 Å². The molecule has 1 aromatic heterocycles. The number of rotatable bonds is 1. The Labute approximate surface area is 89.9 Å². The molecular formula is C9H10N2O5. The maximum absolute atomic E-state index is 11.0. The van der Waals surface area contributed by atoms with Gasteiger partial charge in [-0.05, 0) is 0 Å². The smallest absolute Gasteiger partial charge is 0.302 e. The topological polar surface area (TPSA) is 93.8 Å². The first kappa shape index (κ1) is 9.76. The fourth-order valence-corrected chi connectivity index (χ4v) is 2.02. The first-order chi connectivity index (χ1) is 7.70. The van der Waals surface area contributed by atoms with Crippen LogP contribution in [0.25, 0.3) is 0 Å². The lowest BCUT2D eigenvalue weighted by molar-refractivity contribution is -0.0434. The van der Waals surface area contributed by atoms with Crippen molar-refractivity contribution in [2.45, 2.75) is 24.5 Å². The minimum atomic E-state index is -0.924. The van der Waals surface area contributed by atoms with Gasteiger partial charge in [0.25, 0.3) is 5.56 Å². The number of hydrogen-bond acceptors (Lipinski definition) is 6. The molecule has 0 bridgehead atoms. The summed E-state index contributed by atoms with van der Waals surface area (Å²) in [6.07, 6.45) is -1.24. The molecule has 86 valence electrons. The van der Waals surface area contributed by atoms with Crippen molar-refractivity contribution in [3.05, 3.63) is 22.6 Å². The zero-order chi connectivity index (χ0) is 11.3. The van der Waals surface area contributed by atoms with Gasteiger partial charge in [-0.2, -0.15) is 4.98 Å². The summed E-state index contributed by atoms with van der Waals surface area (Å²) in [5.74, 6) is 0. The molecule has 7 heteroatoms. The van der Waals surface area contributed by atoms with Crippen molar-refractivity contribution >= 4 is 0 Å². The molecule has 3 heterocycles. The Bertz CT molecular complexity index is 473. The summed E-state index contributed by atoms with van der Waals surface area (Å²) in [7, 11) is 0. The van der Waals surface area contributed by atoms with E-state index in [9.17, 15) is 9.90 Å². The molecule has 1 unspecified atom stereocenters. The molecule has 2 aliphatic heterocycles. The number of hydrogen-bond donors (Lipinski definition) is 2.